The van der Waals surface area contributed by atoms with E-state index in [1.54, 1.807) is 30.1 Å². The maximum atomic E-state index is 13.9. The summed E-state index contributed by atoms with van der Waals surface area (Å²) in [6.45, 7) is 8.28. The van der Waals surface area contributed by atoms with Crippen molar-refractivity contribution in [1.82, 2.24) is 30.8 Å². The number of urea groups is 1. The van der Waals surface area contributed by atoms with Crippen LogP contribution in [0, 0.1) is 5.92 Å². The van der Waals surface area contributed by atoms with Crippen LogP contribution in [0.3, 0.4) is 0 Å². The van der Waals surface area contributed by atoms with E-state index in [2.05, 4.69) is 39.8 Å². The van der Waals surface area contributed by atoms with E-state index < -0.39 is 40.7 Å². The molecule has 2 aromatic heterocycles. The molecule has 0 aliphatic rings. The molecule has 0 bridgehead atoms. The van der Waals surface area contributed by atoms with E-state index in [0.717, 1.165) is 26.7 Å². The Bertz CT molecular complexity index is 1850. The molecule has 0 radical (unpaired) electrons. The Hall–Kier alpha value is -4.46. The highest BCUT2D eigenvalue weighted by molar-refractivity contribution is 7.79. The molecule has 4 aromatic rings. The first kappa shape index (κ1) is 44.9. The fourth-order valence-electron chi connectivity index (χ4n) is 5.39. The molecule has 6 N–H and O–H groups in total. The third-order valence-electron chi connectivity index (χ3n) is 8.13. The number of aliphatic hydroxyl groups excluding tert-OH is 1. The second-order valence-corrected chi connectivity index (χ2v) is 16.2. The van der Waals surface area contributed by atoms with Gasteiger partial charge in [-0.2, -0.15) is 8.42 Å². The van der Waals surface area contributed by atoms with Gasteiger partial charge in [0.05, 0.1) is 39.8 Å². The van der Waals surface area contributed by atoms with Crippen LogP contribution < -0.4 is 16.0 Å². The van der Waals surface area contributed by atoms with E-state index in [4.69, 9.17) is 22.3 Å². The predicted molar refractivity (Wildman–Crippen MR) is 211 cm³/mol. The Labute approximate surface area is 330 Å². The monoisotopic (exact) mass is 818 g/mol. The fraction of sp³-hybridized carbons (Fsp3) is 0.432. The first-order chi connectivity index (χ1) is 26.0. The van der Waals surface area contributed by atoms with Gasteiger partial charge in [-0.15, -0.1) is 22.7 Å². The van der Waals surface area contributed by atoms with Gasteiger partial charge in [0, 0.05) is 30.6 Å². The summed E-state index contributed by atoms with van der Waals surface area (Å²) in [5.74, 6) is -0.277. The lowest BCUT2D eigenvalue weighted by Crippen LogP contribution is -2.55. The highest BCUT2D eigenvalue weighted by Crippen LogP contribution is 2.20. The van der Waals surface area contributed by atoms with Crippen LogP contribution in [-0.2, 0) is 45.9 Å². The largest absolute Gasteiger partial charge is 0.444 e. The van der Waals surface area contributed by atoms with Crippen molar-refractivity contribution in [3.05, 3.63) is 104 Å². The average Bonchev–Trinajstić information content (AvgIpc) is 3.82. The number of carbonyl (C=O) groups is 3. The lowest BCUT2D eigenvalue weighted by molar-refractivity contribution is -0.124. The van der Waals surface area contributed by atoms with Gasteiger partial charge in [0.25, 0.3) is 0 Å². The number of rotatable bonds is 17. The Morgan fingerprint density at radius 1 is 0.891 bits per heavy atom. The summed E-state index contributed by atoms with van der Waals surface area (Å²) in [5.41, 5.74) is 4.35. The maximum absolute atomic E-state index is 13.9. The SMILES string of the molecule is CC(C)c1nc(CN(C)C(=O)NC(C(=O)NC(Cc2ccccc2)CC(O)C(Cc2ccccc2)NC(=O)OCc2cncs2)C(C)C)cs1.O=S(=O)(O)O. The number of nitrogens with one attached hydrogen (secondary N) is 3. The molecule has 15 nitrogen and oxygen atoms in total. The van der Waals surface area contributed by atoms with Crippen LogP contribution in [0.4, 0.5) is 9.59 Å². The number of carbonyl (C=O) groups excluding carboxylic acids is 3. The molecule has 0 aliphatic heterocycles. The molecular formula is C37H50N6O9S3. The third kappa shape index (κ3) is 17.3. The molecule has 4 atom stereocenters. The molecule has 4 rings (SSSR count). The van der Waals surface area contributed by atoms with Gasteiger partial charge < -0.3 is 30.7 Å². The number of nitrogens with zero attached hydrogens (tertiary/aromatic N) is 3. The molecule has 4 unspecified atom stereocenters. The van der Waals surface area contributed by atoms with Gasteiger partial charge in [-0.25, -0.2) is 14.6 Å². The Morgan fingerprint density at radius 2 is 1.49 bits per heavy atom. The maximum Gasteiger partial charge on any atom is 0.407 e. The van der Waals surface area contributed by atoms with Crippen LogP contribution in [-0.4, -0.2) is 86.8 Å². The summed E-state index contributed by atoms with van der Waals surface area (Å²) in [6.07, 6.45) is 0.836. The van der Waals surface area contributed by atoms with Crippen molar-refractivity contribution in [3.8, 4) is 0 Å². The van der Waals surface area contributed by atoms with Crippen LogP contribution in [0.15, 0.2) is 77.8 Å². The summed E-state index contributed by atoms with van der Waals surface area (Å²) in [6, 6.07) is 16.8. The zero-order valence-corrected chi connectivity index (χ0v) is 33.8. The minimum atomic E-state index is -4.67. The molecule has 300 valence electrons. The quantitative estimate of drug-likeness (QED) is 0.0756. The lowest BCUT2D eigenvalue weighted by Gasteiger charge is -2.30. The van der Waals surface area contributed by atoms with E-state index in [1.807, 2.05) is 79.9 Å². The third-order valence-corrected chi connectivity index (χ3v) is 10.1. The predicted octanol–water partition coefficient (Wildman–Crippen LogP) is 5.25. The second-order valence-electron chi connectivity index (χ2n) is 13.5. The Balaban J connectivity index is 0.00000152. The molecule has 0 saturated heterocycles. The molecular weight excluding hydrogens is 769 g/mol. The fourth-order valence-corrected chi connectivity index (χ4v) is 6.72. The van der Waals surface area contributed by atoms with Gasteiger partial charge in [-0.3, -0.25) is 18.9 Å². The smallest absolute Gasteiger partial charge is 0.407 e. The van der Waals surface area contributed by atoms with Crippen molar-refractivity contribution in [3.63, 3.8) is 0 Å². The van der Waals surface area contributed by atoms with Crippen molar-refractivity contribution in [2.75, 3.05) is 7.05 Å². The highest BCUT2D eigenvalue weighted by atomic mass is 32.3. The molecule has 18 heteroatoms. The van der Waals surface area contributed by atoms with E-state index in [9.17, 15) is 19.5 Å². The minimum Gasteiger partial charge on any atom is -0.444 e. The summed E-state index contributed by atoms with van der Waals surface area (Å²) in [7, 11) is -2.99. The van der Waals surface area contributed by atoms with E-state index in [1.165, 1.54) is 16.2 Å². The van der Waals surface area contributed by atoms with E-state index >= 15 is 0 Å². The first-order valence-corrected chi connectivity index (χ1v) is 20.7. The molecule has 0 spiro atoms. The second kappa shape index (κ2) is 22.2. The number of alkyl carbamates (subject to hydrolysis) is 1. The van der Waals surface area contributed by atoms with E-state index in [0.29, 0.717) is 25.3 Å². The van der Waals surface area contributed by atoms with Crippen molar-refractivity contribution in [2.24, 2.45) is 5.92 Å². The lowest BCUT2D eigenvalue weighted by atomic mass is 9.93. The summed E-state index contributed by atoms with van der Waals surface area (Å²) in [4.78, 5) is 51.0. The molecule has 0 fully saturated rings. The Kier molecular flexibility index (Phi) is 18.1. The van der Waals surface area contributed by atoms with Crippen LogP contribution in [0.1, 0.15) is 66.7 Å². The highest BCUT2D eigenvalue weighted by Gasteiger charge is 2.31. The van der Waals surface area contributed by atoms with Crippen LogP contribution in [0.5, 0.6) is 0 Å². The molecule has 55 heavy (non-hydrogen) atoms. The van der Waals surface area contributed by atoms with Gasteiger partial charge in [0.1, 0.15) is 12.6 Å². The van der Waals surface area contributed by atoms with Crippen LogP contribution in [0.2, 0.25) is 0 Å². The summed E-state index contributed by atoms with van der Waals surface area (Å²) < 4.78 is 37.0. The minimum absolute atomic E-state index is 0.0671. The van der Waals surface area contributed by atoms with Gasteiger partial charge in [0.2, 0.25) is 5.91 Å². The number of thiazole rings is 2. The first-order valence-electron chi connectivity index (χ1n) is 17.5. The van der Waals surface area contributed by atoms with Crippen molar-refractivity contribution >= 4 is 51.1 Å². The average molecular weight is 819 g/mol. The molecule has 2 heterocycles. The Morgan fingerprint density at radius 3 is 2.02 bits per heavy atom. The van der Waals surface area contributed by atoms with Crippen molar-refractivity contribution in [2.45, 2.75) is 90.3 Å². The zero-order valence-electron chi connectivity index (χ0n) is 31.4. The number of ether oxygens (including phenoxy) is 1. The van der Waals surface area contributed by atoms with Gasteiger partial charge in [-0.1, -0.05) is 88.4 Å². The number of hydrogen-bond donors (Lipinski definition) is 6. The zero-order chi connectivity index (χ0) is 40.5. The number of aliphatic hydroxyl groups is 1. The summed E-state index contributed by atoms with van der Waals surface area (Å²) in [5, 5.41) is 23.5. The van der Waals surface area contributed by atoms with Crippen molar-refractivity contribution < 1.29 is 41.8 Å². The normalized spacial score (nSPS) is 13.5. The topological polar surface area (TPSA) is 220 Å². The van der Waals surface area contributed by atoms with Crippen LogP contribution in [0.25, 0.3) is 0 Å². The molecule has 0 aliphatic carbocycles. The van der Waals surface area contributed by atoms with Crippen molar-refractivity contribution in [1.29, 1.82) is 0 Å². The molecule has 2 aromatic carbocycles. The van der Waals surface area contributed by atoms with Gasteiger partial charge >= 0.3 is 22.5 Å². The standard InChI is InChI=1S/C37H48N6O5S2.H2O4S/c1-24(2)33(42-36(46)43(5)20-29-22-49-35(40-29)25(3)4)34(45)39-28(16-26-12-8-6-9-13-26)18-32(44)31(17-27-14-10-7-11-15-27)41-37(47)48-21-30-19-38-23-50-30;1-5(2,3)4/h6-15,19,22-25,28,31-33,44H,16-18,20-21H2,1-5H3,(H,39,45)(H,41,47)(H,42,46);(H2,1,2,3,4). The molecule has 4 amide bonds. The number of amides is 4. The van der Waals surface area contributed by atoms with Crippen LogP contribution >= 0.6 is 22.7 Å². The van der Waals surface area contributed by atoms with Gasteiger partial charge in [-0.05, 0) is 36.3 Å². The summed E-state index contributed by atoms with van der Waals surface area (Å²) >= 11 is 2.95. The number of hydrogen-bond acceptors (Lipinski definition) is 11. The van der Waals surface area contributed by atoms with E-state index in [-0.39, 0.29) is 30.9 Å². The number of aromatic nitrogens is 2. The molecule has 0 saturated carbocycles. The van der Waals surface area contributed by atoms with Gasteiger partial charge in [0.15, 0.2) is 0 Å². The number of benzene rings is 2.